The highest BCUT2D eigenvalue weighted by Crippen LogP contribution is 2.74. The average molecular weight is 383 g/mol. The fourth-order valence-corrected chi connectivity index (χ4v) is 7.27. The van der Waals surface area contributed by atoms with Gasteiger partial charge < -0.3 is 24.6 Å². The molecule has 2 heterocycles. The number of rotatable bonds is 2. The van der Waals surface area contributed by atoms with E-state index in [1.807, 2.05) is 6.07 Å². The molecule has 2 N–H and O–H groups in total. The molecule has 0 unspecified atom stereocenters. The Hall–Kier alpha value is -2.05. The Bertz CT molecular complexity index is 943. The summed E-state index contributed by atoms with van der Waals surface area (Å²) in [5, 5.41) is 22.4. The van der Waals surface area contributed by atoms with Crippen molar-refractivity contribution < 1.29 is 24.5 Å². The van der Waals surface area contributed by atoms with Crippen LogP contribution >= 0.6 is 0 Å². The summed E-state index contributed by atoms with van der Waals surface area (Å²) in [5.41, 5.74) is 0.0764. The Labute approximate surface area is 163 Å². The minimum absolute atomic E-state index is 0.116. The number of likely N-dealkylation sites (tertiary alicyclic amines) is 1. The van der Waals surface area contributed by atoms with E-state index < -0.39 is 23.0 Å². The number of esters is 1. The molecular formula is C22H25NO5. The number of hydrogen-bond donors (Lipinski definition) is 2. The van der Waals surface area contributed by atoms with Gasteiger partial charge in [0, 0.05) is 17.0 Å². The highest BCUT2D eigenvalue weighted by Gasteiger charge is 2.79. The van der Waals surface area contributed by atoms with Crippen molar-refractivity contribution in [1.82, 2.24) is 4.90 Å². The number of likely N-dealkylation sites (N-methyl/N-ethyl adjacent to an activating group) is 1. The van der Waals surface area contributed by atoms with Gasteiger partial charge in [0.25, 0.3) is 0 Å². The maximum atomic E-state index is 12.9. The molecule has 4 aliphatic carbocycles. The van der Waals surface area contributed by atoms with Gasteiger partial charge in [-0.2, -0.15) is 0 Å². The zero-order chi connectivity index (χ0) is 19.5. The lowest BCUT2D eigenvalue weighted by Crippen LogP contribution is -2.79. The largest absolute Gasteiger partial charge is 0.504 e. The molecule has 1 saturated heterocycles. The Morgan fingerprint density at radius 2 is 2.21 bits per heavy atom. The maximum absolute atomic E-state index is 12.9. The Balaban J connectivity index is 1.65. The molecule has 148 valence electrons. The summed E-state index contributed by atoms with van der Waals surface area (Å²) >= 11 is 0. The molecule has 2 fully saturated rings. The summed E-state index contributed by atoms with van der Waals surface area (Å²) in [6.07, 6.45) is 5.58. The first-order valence-electron chi connectivity index (χ1n) is 10.2. The minimum Gasteiger partial charge on any atom is -0.504 e. The Morgan fingerprint density at radius 3 is 3.00 bits per heavy atom. The van der Waals surface area contributed by atoms with Crippen LogP contribution in [0.25, 0.3) is 0 Å². The van der Waals surface area contributed by atoms with Crippen molar-refractivity contribution in [2.75, 3.05) is 20.2 Å². The van der Waals surface area contributed by atoms with Crippen LogP contribution in [-0.4, -0.2) is 59.0 Å². The molecule has 2 aliphatic heterocycles. The van der Waals surface area contributed by atoms with E-state index in [-0.39, 0.29) is 29.8 Å². The van der Waals surface area contributed by atoms with Gasteiger partial charge in [0.1, 0.15) is 11.7 Å². The van der Waals surface area contributed by atoms with Crippen LogP contribution in [0.1, 0.15) is 30.9 Å². The van der Waals surface area contributed by atoms with Gasteiger partial charge in [-0.15, -0.1) is 0 Å². The first kappa shape index (κ1) is 16.9. The molecule has 1 saturated carbocycles. The van der Waals surface area contributed by atoms with Gasteiger partial charge in [-0.25, -0.2) is 0 Å². The first-order valence-corrected chi connectivity index (χ1v) is 10.2. The lowest BCUT2D eigenvalue weighted by atomic mass is 9.37. The van der Waals surface area contributed by atoms with Crippen LogP contribution in [0.5, 0.6) is 11.5 Å². The molecule has 6 atom stereocenters. The topological polar surface area (TPSA) is 79.2 Å². The summed E-state index contributed by atoms with van der Waals surface area (Å²) in [4.78, 5) is 15.2. The molecule has 2 spiro atoms. The summed E-state index contributed by atoms with van der Waals surface area (Å²) in [7, 11) is 2.14. The number of phenolic OH excluding ortho intramolecular Hbond substituents is 1. The summed E-state index contributed by atoms with van der Waals surface area (Å²) in [6.45, 7) is 2.97. The van der Waals surface area contributed by atoms with Crippen molar-refractivity contribution in [2.24, 2.45) is 11.3 Å². The smallest absolute Gasteiger partial charge is 0.312 e. The van der Waals surface area contributed by atoms with E-state index in [0.29, 0.717) is 12.2 Å². The Kier molecular flexibility index (Phi) is 2.96. The molecule has 4 bridgehead atoms. The quantitative estimate of drug-likeness (QED) is 0.596. The number of carbonyl (C=O) groups excluding carboxylic acids is 1. The molecular weight excluding hydrogens is 358 g/mol. The van der Waals surface area contributed by atoms with Gasteiger partial charge in [-0.05, 0) is 51.4 Å². The number of fused-ring (bicyclic) bond motifs is 1. The van der Waals surface area contributed by atoms with Gasteiger partial charge in [-0.1, -0.05) is 18.2 Å². The molecule has 7 rings (SSSR count). The second-order valence-corrected chi connectivity index (χ2v) is 9.14. The normalized spacial score (nSPS) is 44.2. The highest BCUT2D eigenvalue weighted by atomic mass is 16.5. The van der Waals surface area contributed by atoms with Crippen LogP contribution in [0.15, 0.2) is 24.3 Å². The molecule has 6 aliphatic rings. The highest BCUT2D eigenvalue weighted by molar-refractivity contribution is 5.78. The van der Waals surface area contributed by atoms with E-state index in [1.54, 1.807) is 19.1 Å². The van der Waals surface area contributed by atoms with Crippen LogP contribution < -0.4 is 4.74 Å². The van der Waals surface area contributed by atoms with E-state index in [2.05, 4.69) is 18.0 Å². The second kappa shape index (κ2) is 4.92. The number of ether oxygens (including phenoxy) is 2. The summed E-state index contributed by atoms with van der Waals surface area (Å²) < 4.78 is 11.7. The number of hydrogen-bond acceptors (Lipinski definition) is 6. The molecule has 1 aromatic rings. The SMILES string of the molecule is CCOC(=O)[C@H]1C[C@]23C=C[C@]1(O)[C@H]1Oc4c(O)ccc5c4[C@@]12CCN(C)[C@@H]3C5. The van der Waals surface area contributed by atoms with Gasteiger partial charge in [0.15, 0.2) is 11.5 Å². The molecule has 0 amide bonds. The maximum Gasteiger partial charge on any atom is 0.312 e. The molecule has 0 radical (unpaired) electrons. The predicted molar refractivity (Wildman–Crippen MR) is 100 cm³/mol. The van der Waals surface area contributed by atoms with E-state index in [0.717, 1.165) is 24.9 Å². The van der Waals surface area contributed by atoms with Crippen LogP contribution in [0.2, 0.25) is 0 Å². The second-order valence-electron chi connectivity index (χ2n) is 9.14. The zero-order valence-electron chi connectivity index (χ0n) is 16.1. The number of carbonyl (C=O) groups is 1. The monoisotopic (exact) mass is 383 g/mol. The number of aliphatic hydroxyl groups is 1. The minimum atomic E-state index is -1.44. The number of benzene rings is 1. The zero-order valence-corrected chi connectivity index (χ0v) is 16.1. The van der Waals surface area contributed by atoms with Gasteiger partial charge in [0.2, 0.25) is 0 Å². The van der Waals surface area contributed by atoms with Crippen molar-refractivity contribution in [3.05, 3.63) is 35.4 Å². The van der Waals surface area contributed by atoms with Crippen molar-refractivity contribution in [3.8, 4) is 11.5 Å². The standard InChI is InChI=1S/C22H25NO5/c1-3-27-18(25)13-11-20-6-7-22(13,26)19-21(20)8-9-23(2)15(20)10-12-4-5-14(24)17(28-19)16(12)21/h4-7,13,15,19,24,26H,3,8-11H2,1-2H3/t13-,15-,19+,20+,21+,22-/m1/s1. The van der Waals surface area contributed by atoms with Crippen LogP contribution in [0.4, 0.5) is 0 Å². The molecule has 6 heteroatoms. The molecule has 28 heavy (non-hydrogen) atoms. The third kappa shape index (κ3) is 1.52. The van der Waals surface area contributed by atoms with Crippen LogP contribution in [-0.2, 0) is 21.4 Å². The van der Waals surface area contributed by atoms with E-state index in [4.69, 9.17) is 9.47 Å². The average Bonchev–Trinajstić information content (AvgIpc) is 3.04. The molecule has 6 nitrogen and oxygen atoms in total. The van der Waals surface area contributed by atoms with E-state index in [1.165, 1.54) is 5.56 Å². The number of piperidine rings is 1. The van der Waals surface area contributed by atoms with Gasteiger partial charge >= 0.3 is 5.97 Å². The number of phenols is 1. The van der Waals surface area contributed by atoms with Crippen molar-refractivity contribution in [2.45, 2.75) is 49.3 Å². The first-order chi connectivity index (χ1) is 13.4. The van der Waals surface area contributed by atoms with Crippen LogP contribution in [0.3, 0.4) is 0 Å². The van der Waals surface area contributed by atoms with Crippen molar-refractivity contribution in [3.63, 3.8) is 0 Å². The van der Waals surface area contributed by atoms with E-state index in [9.17, 15) is 15.0 Å². The third-order valence-corrected chi connectivity index (χ3v) is 8.32. The number of nitrogens with zero attached hydrogens (tertiary/aromatic N) is 1. The van der Waals surface area contributed by atoms with Crippen molar-refractivity contribution in [1.29, 1.82) is 0 Å². The fraction of sp³-hybridized carbons (Fsp3) is 0.591. The number of aromatic hydroxyl groups is 1. The lowest BCUT2D eigenvalue weighted by Gasteiger charge is -2.70. The fourth-order valence-electron chi connectivity index (χ4n) is 7.27. The molecule has 1 aromatic carbocycles. The Morgan fingerprint density at radius 1 is 1.39 bits per heavy atom. The summed E-state index contributed by atoms with van der Waals surface area (Å²) in [5.74, 6) is -0.409. The van der Waals surface area contributed by atoms with Gasteiger partial charge in [0.05, 0.1) is 17.9 Å². The predicted octanol–water partition coefficient (Wildman–Crippen LogP) is 1.52. The molecule has 0 aromatic heterocycles. The summed E-state index contributed by atoms with van der Waals surface area (Å²) in [6, 6.07) is 3.91. The van der Waals surface area contributed by atoms with E-state index >= 15 is 0 Å². The van der Waals surface area contributed by atoms with Crippen molar-refractivity contribution >= 4 is 5.97 Å². The van der Waals surface area contributed by atoms with Crippen LogP contribution in [0, 0.1) is 11.3 Å². The lowest BCUT2D eigenvalue weighted by molar-refractivity contribution is -0.213. The van der Waals surface area contributed by atoms with Gasteiger partial charge in [-0.3, -0.25) is 4.79 Å². The third-order valence-electron chi connectivity index (χ3n) is 8.32.